The number of carbonyl (C=O) groups excluding carboxylic acids is 4. The summed E-state index contributed by atoms with van der Waals surface area (Å²) in [5.74, 6) is 0.596. The molecule has 3 rings (SSSR count). The number of thioether (sulfide) groups is 1. The van der Waals surface area contributed by atoms with Crippen LogP contribution in [-0.2, 0) is 14.4 Å². The highest BCUT2D eigenvalue weighted by Gasteiger charge is 2.42. The molecular weight excluding hydrogens is 564 g/mol. The highest BCUT2D eigenvalue weighted by molar-refractivity contribution is 8.00. The first kappa shape index (κ1) is 33.7. The Kier molecular flexibility index (Phi) is 13.9. The number of unbranched alkanes of at least 4 members (excludes halogenated alkanes) is 4. The van der Waals surface area contributed by atoms with Gasteiger partial charge in [0.1, 0.15) is 6.04 Å². The second kappa shape index (κ2) is 17.4. The van der Waals surface area contributed by atoms with Gasteiger partial charge in [0.15, 0.2) is 0 Å². The second-order valence-corrected chi connectivity index (χ2v) is 12.8. The van der Waals surface area contributed by atoms with Crippen LogP contribution in [-0.4, -0.2) is 89.4 Å². The van der Waals surface area contributed by atoms with Crippen molar-refractivity contribution in [2.24, 2.45) is 0 Å². The first-order chi connectivity index (χ1) is 20.1. The average molecular weight is 613 g/mol. The number of fused-ring (bicyclic) bond motifs is 1. The number of amides is 6. The SMILES string of the molecule is CC1(CCC(=O)NCCCCC(NC(=O)O)C(=O)NCCCCCNC(=O)CCCCC2SCC3NC(=O)NC32)NN1. The van der Waals surface area contributed by atoms with E-state index in [4.69, 9.17) is 5.11 Å². The van der Waals surface area contributed by atoms with Gasteiger partial charge in [0.05, 0.1) is 17.7 Å². The summed E-state index contributed by atoms with van der Waals surface area (Å²) in [6.07, 6.45) is 7.05. The molecule has 0 aromatic carbocycles. The predicted octanol–water partition coefficient (Wildman–Crippen LogP) is 0.642. The van der Waals surface area contributed by atoms with E-state index in [1.807, 2.05) is 18.7 Å². The third kappa shape index (κ3) is 12.6. The lowest BCUT2D eigenvalue weighted by Crippen LogP contribution is -2.46. The zero-order valence-electron chi connectivity index (χ0n) is 24.5. The lowest BCUT2D eigenvalue weighted by atomic mass is 10.0. The molecule has 0 saturated carbocycles. The largest absolute Gasteiger partial charge is 0.465 e. The molecule has 3 fully saturated rings. The smallest absolute Gasteiger partial charge is 0.405 e. The van der Waals surface area contributed by atoms with Crippen molar-refractivity contribution in [2.45, 2.75) is 113 Å². The molecule has 3 aliphatic rings. The van der Waals surface area contributed by atoms with Gasteiger partial charge >= 0.3 is 12.1 Å². The van der Waals surface area contributed by atoms with Gasteiger partial charge in [0.2, 0.25) is 17.7 Å². The molecule has 3 saturated heterocycles. The topological polar surface area (TPSA) is 222 Å². The minimum atomic E-state index is -1.25. The van der Waals surface area contributed by atoms with Crippen LogP contribution >= 0.6 is 11.8 Å². The fraction of sp³-hybridized carbons (Fsp3) is 0.815. The van der Waals surface area contributed by atoms with Crippen LogP contribution in [0.2, 0.25) is 0 Å². The third-order valence-electron chi connectivity index (χ3n) is 7.82. The van der Waals surface area contributed by atoms with Crippen LogP contribution in [0.1, 0.15) is 84.0 Å². The van der Waals surface area contributed by atoms with Gasteiger partial charge in [-0.25, -0.2) is 20.4 Å². The molecule has 0 aliphatic carbocycles. The summed E-state index contributed by atoms with van der Waals surface area (Å²) in [6, 6.07) is -0.489. The van der Waals surface area contributed by atoms with E-state index in [2.05, 4.69) is 42.8 Å². The van der Waals surface area contributed by atoms with E-state index in [0.717, 1.165) is 44.3 Å². The molecule has 4 atom stereocenters. The summed E-state index contributed by atoms with van der Waals surface area (Å²) in [5.41, 5.74) is 5.82. The van der Waals surface area contributed by atoms with Crippen LogP contribution in [0.5, 0.6) is 0 Å². The Labute approximate surface area is 251 Å². The monoisotopic (exact) mass is 612 g/mol. The van der Waals surface area contributed by atoms with Crippen molar-refractivity contribution in [1.82, 2.24) is 42.8 Å². The van der Waals surface area contributed by atoms with Crippen molar-refractivity contribution in [2.75, 3.05) is 25.4 Å². The maximum Gasteiger partial charge on any atom is 0.405 e. The molecule has 14 nitrogen and oxygen atoms in total. The summed E-state index contributed by atoms with van der Waals surface area (Å²) in [6.45, 7) is 3.47. The average Bonchev–Trinajstić information content (AvgIpc) is 3.40. The van der Waals surface area contributed by atoms with Crippen LogP contribution in [0.3, 0.4) is 0 Å². The Morgan fingerprint density at radius 1 is 0.905 bits per heavy atom. The fourth-order valence-electron chi connectivity index (χ4n) is 5.15. The van der Waals surface area contributed by atoms with Crippen LogP contribution in [0, 0.1) is 0 Å². The quantitative estimate of drug-likeness (QED) is 0.0503. The number of hydrogen-bond acceptors (Lipinski definition) is 8. The summed E-state index contributed by atoms with van der Waals surface area (Å²) < 4.78 is 0. The normalized spacial score (nSPS) is 22.3. The van der Waals surface area contributed by atoms with E-state index < -0.39 is 12.1 Å². The van der Waals surface area contributed by atoms with E-state index in [9.17, 15) is 24.0 Å². The third-order valence-corrected chi connectivity index (χ3v) is 9.32. The van der Waals surface area contributed by atoms with Crippen LogP contribution in [0.25, 0.3) is 0 Å². The number of nitrogens with one attached hydrogen (secondary N) is 8. The molecule has 0 aromatic heterocycles. The Morgan fingerprint density at radius 2 is 1.57 bits per heavy atom. The molecule has 0 spiro atoms. The van der Waals surface area contributed by atoms with Crippen molar-refractivity contribution in [3.63, 3.8) is 0 Å². The number of rotatable bonds is 21. The van der Waals surface area contributed by atoms with Crippen molar-refractivity contribution >= 4 is 41.6 Å². The van der Waals surface area contributed by atoms with Crippen molar-refractivity contribution in [3.8, 4) is 0 Å². The van der Waals surface area contributed by atoms with Crippen molar-refractivity contribution < 1.29 is 29.1 Å². The molecule has 9 N–H and O–H groups in total. The van der Waals surface area contributed by atoms with E-state index in [0.29, 0.717) is 63.4 Å². The van der Waals surface area contributed by atoms with Gasteiger partial charge in [-0.3, -0.25) is 14.4 Å². The predicted molar refractivity (Wildman–Crippen MR) is 160 cm³/mol. The van der Waals surface area contributed by atoms with Gasteiger partial charge in [-0.1, -0.05) is 6.42 Å². The zero-order chi connectivity index (χ0) is 30.4. The zero-order valence-corrected chi connectivity index (χ0v) is 25.3. The summed E-state index contributed by atoms with van der Waals surface area (Å²) in [5, 5.41) is 26.3. The van der Waals surface area contributed by atoms with E-state index >= 15 is 0 Å². The molecule has 0 aromatic rings. The number of carboxylic acid groups (broad SMARTS) is 1. The van der Waals surface area contributed by atoms with Gasteiger partial charge in [0, 0.05) is 43.5 Å². The highest BCUT2D eigenvalue weighted by Crippen LogP contribution is 2.33. The second-order valence-electron chi connectivity index (χ2n) is 11.5. The maximum absolute atomic E-state index is 12.5. The molecule has 42 heavy (non-hydrogen) atoms. The maximum atomic E-state index is 12.5. The molecule has 4 unspecified atom stereocenters. The fourth-order valence-corrected chi connectivity index (χ4v) is 6.70. The molecular formula is C27H48N8O6S. The minimum absolute atomic E-state index is 0.0312. The molecule has 238 valence electrons. The summed E-state index contributed by atoms with van der Waals surface area (Å²) in [4.78, 5) is 59.1. The Bertz CT molecular complexity index is 936. The number of urea groups is 1. The van der Waals surface area contributed by atoms with E-state index in [-0.39, 0.29) is 41.5 Å². The molecule has 15 heteroatoms. The van der Waals surface area contributed by atoms with Gasteiger partial charge in [-0.2, -0.15) is 11.8 Å². The Morgan fingerprint density at radius 3 is 2.26 bits per heavy atom. The standard InChI is InChI=1S/C27H48N8O6S/c1-27(34-35-27)13-12-22(37)29-15-8-5-9-18(32-26(40)41)24(38)30-16-7-2-6-14-28-21(36)11-4-3-10-20-23-19(17-42-20)31-25(39)33-23/h18-20,23,32,34-35H,2-17H2,1H3,(H,28,36)(H,29,37)(H,30,38)(H,40,41)(H2,31,33,39). The molecule has 6 amide bonds. The van der Waals surface area contributed by atoms with Gasteiger partial charge in [0.25, 0.3) is 0 Å². The Balaban J connectivity index is 1.14. The van der Waals surface area contributed by atoms with Crippen LogP contribution in [0.15, 0.2) is 0 Å². The summed E-state index contributed by atoms with van der Waals surface area (Å²) in [7, 11) is 0. The summed E-state index contributed by atoms with van der Waals surface area (Å²) >= 11 is 1.88. The number of carbonyl (C=O) groups is 5. The van der Waals surface area contributed by atoms with E-state index in [1.165, 1.54) is 0 Å². The first-order valence-electron chi connectivity index (χ1n) is 15.2. The molecule has 3 heterocycles. The van der Waals surface area contributed by atoms with Crippen LogP contribution in [0.4, 0.5) is 9.59 Å². The number of hydrazine groups is 1. The lowest BCUT2D eigenvalue weighted by molar-refractivity contribution is -0.123. The highest BCUT2D eigenvalue weighted by atomic mass is 32.2. The first-order valence-corrected chi connectivity index (χ1v) is 16.2. The van der Waals surface area contributed by atoms with E-state index in [1.54, 1.807) is 0 Å². The lowest BCUT2D eigenvalue weighted by Gasteiger charge is -2.17. The minimum Gasteiger partial charge on any atom is -0.465 e. The van der Waals surface area contributed by atoms with Gasteiger partial charge < -0.3 is 37.0 Å². The van der Waals surface area contributed by atoms with Crippen molar-refractivity contribution in [3.05, 3.63) is 0 Å². The Hall–Kier alpha value is -2.78. The number of hydrogen-bond donors (Lipinski definition) is 9. The van der Waals surface area contributed by atoms with Gasteiger partial charge in [-0.05, 0) is 64.7 Å². The van der Waals surface area contributed by atoms with Crippen LogP contribution < -0.4 is 42.8 Å². The van der Waals surface area contributed by atoms with Gasteiger partial charge in [-0.15, -0.1) is 0 Å². The van der Waals surface area contributed by atoms with Crippen molar-refractivity contribution in [1.29, 1.82) is 0 Å². The molecule has 0 radical (unpaired) electrons. The molecule has 3 aliphatic heterocycles. The molecule has 0 bridgehead atoms.